The van der Waals surface area contributed by atoms with E-state index in [0.717, 1.165) is 35.1 Å². The first-order valence-corrected chi connectivity index (χ1v) is 11.3. The number of hydrogen-bond acceptors (Lipinski definition) is 6. The van der Waals surface area contributed by atoms with Crippen LogP contribution in [-0.4, -0.2) is 40.5 Å². The van der Waals surface area contributed by atoms with Crippen molar-refractivity contribution < 1.29 is 9.50 Å². The molecule has 1 saturated carbocycles. The lowest BCUT2D eigenvalue weighted by Crippen LogP contribution is -2.43. The molecule has 5 nitrogen and oxygen atoms in total. The largest absolute Gasteiger partial charge is 0.507 e. The van der Waals surface area contributed by atoms with Crippen LogP contribution < -0.4 is 10.2 Å². The van der Waals surface area contributed by atoms with Crippen molar-refractivity contribution in [3.05, 3.63) is 47.1 Å². The zero-order valence-electron chi connectivity index (χ0n) is 16.9. The van der Waals surface area contributed by atoms with Gasteiger partial charge in [0.25, 0.3) is 0 Å². The van der Waals surface area contributed by atoms with Crippen molar-refractivity contribution in [3.63, 3.8) is 0 Å². The number of rotatable bonds is 5. The molecule has 3 heterocycles. The normalized spacial score (nSPS) is 19.3. The van der Waals surface area contributed by atoms with E-state index in [0.29, 0.717) is 28.9 Å². The van der Waals surface area contributed by atoms with E-state index in [1.165, 1.54) is 42.7 Å². The molecule has 0 amide bonds. The third kappa shape index (κ3) is 3.79. The fraction of sp³-hybridized carbons (Fsp3) is 0.391. The van der Waals surface area contributed by atoms with Gasteiger partial charge < -0.3 is 15.3 Å². The van der Waals surface area contributed by atoms with Crippen molar-refractivity contribution in [2.75, 3.05) is 18.0 Å². The number of nitrogens with one attached hydrogen (secondary N) is 1. The lowest BCUT2D eigenvalue weighted by Gasteiger charge is -2.29. The summed E-state index contributed by atoms with van der Waals surface area (Å²) in [6.07, 6.45) is 5.02. The monoisotopic (exact) mass is 424 g/mol. The van der Waals surface area contributed by atoms with Gasteiger partial charge in [-0.05, 0) is 62.6 Å². The quantitative estimate of drug-likeness (QED) is 0.619. The van der Waals surface area contributed by atoms with E-state index in [1.54, 1.807) is 6.07 Å². The first-order chi connectivity index (χ1) is 14.6. The predicted octanol–water partition coefficient (Wildman–Crippen LogP) is 4.75. The van der Waals surface area contributed by atoms with E-state index in [-0.39, 0.29) is 11.6 Å². The highest BCUT2D eigenvalue weighted by molar-refractivity contribution is 7.15. The average Bonchev–Trinajstić information content (AvgIpc) is 3.35. The van der Waals surface area contributed by atoms with Gasteiger partial charge in [-0.2, -0.15) is 0 Å². The summed E-state index contributed by atoms with van der Waals surface area (Å²) in [4.78, 5) is 4.13. The summed E-state index contributed by atoms with van der Waals surface area (Å²) >= 11 is 1.50. The number of nitrogens with zero attached hydrogens (tertiary/aromatic N) is 3. The van der Waals surface area contributed by atoms with Crippen molar-refractivity contribution in [2.45, 2.75) is 44.7 Å². The second-order valence-corrected chi connectivity index (χ2v) is 9.55. The molecule has 2 aromatic heterocycles. The third-order valence-electron chi connectivity index (χ3n) is 6.11. The van der Waals surface area contributed by atoms with E-state index in [9.17, 15) is 9.50 Å². The van der Waals surface area contributed by atoms with Crippen molar-refractivity contribution >= 4 is 17.2 Å². The van der Waals surface area contributed by atoms with Crippen LogP contribution in [0.1, 0.15) is 30.6 Å². The van der Waals surface area contributed by atoms with E-state index >= 15 is 0 Å². The Kier molecular flexibility index (Phi) is 5.16. The second kappa shape index (κ2) is 7.96. The van der Waals surface area contributed by atoms with Crippen molar-refractivity contribution in [2.24, 2.45) is 0 Å². The van der Waals surface area contributed by atoms with Gasteiger partial charge in [0.15, 0.2) is 5.82 Å². The molecule has 2 N–H and O–H groups in total. The summed E-state index contributed by atoms with van der Waals surface area (Å²) in [5.41, 5.74) is 1.22. The zero-order chi connectivity index (χ0) is 20.7. The molecule has 2 aliphatic rings. The number of aromatic nitrogens is 2. The first-order valence-electron chi connectivity index (χ1n) is 10.5. The number of thiophene rings is 1. The Morgan fingerprint density at radius 1 is 1.07 bits per heavy atom. The Hall–Kier alpha value is -2.51. The molecule has 3 aromatic rings. The summed E-state index contributed by atoms with van der Waals surface area (Å²) < 4.78 is 14.7. The van der Waals surface area contributed by atoms with Crippen LogP contribution in [0.25, 0.3) is 21.7 Å². The van der Waals surface area contributed by atoms with Crippen LogP contribution in [0.2, 0.25) is 0 Å². The Morgan fingerprint density at radius 2 is 1.93 bits per heavy atom. The third-order valence-corrected chi connectivity index (χ3v) is 7.14. The van der Waals surface area contributed by atoms with Crippen LogP contribution in [0.4, 0.5) is 10.2 Å². The summed E-state index contributed by atoms with van der Waals surface area (Å²) in [6.45, 7) is 3.86. The van der Waals surface area contributed by atoms with Gasteiger partial charge in [0.1, 0.15) is 11.6 Å². The van der Waals surface area contributed by atoms with Crippen molar-refractivity contribution in [3.8, 4) is 27.4 Å². The SMILES string of the molecule is Cc1ccc(-c2cc(O)c(-c3ccc(N4CCC(NC5CCC5)C4)nn3)cc2F)s1. The molecular weight excluding hydrogens is 399 g/mol. The van der Waals surface area contributed by atoms with Crippen LogP contribution in [0, 0.1) is 12.7 Å². The molecule has 1 unspecified atom stereocenters. The number of hydrogen-bond donors (Lipinski definition) is 2. The van der Waals surface area contributed by atoms with Gasteiger partial charge in [0.05, 0.1) is 5.69 Å². The highest BCUT2D eigenvalue weighted by Crippen LogP contribution is 2.37. The molecule has 0 bridgehead atoms. The molecule has 156 valence electrons. The van der Waals surface area contributed by atoms with Crippen molar-refractivity contribution in [1.29, 1.82) is 0 Å². The summed E-state index contributed by atoms with van der Waals surface area (Å²) in [5.74, 6) is 0.452. The molecule has 7 heteroatoms. The maximum atomic E-state index is 14.7. The average molecular weight is 425 g/mol. The first kappa shape index (κ1) is 19.5. The number of aromatic hydroxyl groups is 1. The second-order valence-electron chi connectivity index (χ2n) is 8.26. The van der Waals surface area contributed by atoms with Crippen LogP contribution in [0.15, 0.2) is 36.4 Å². The van der Waals surface area contributed by atoms with E-state index < -0.39 is 0 Å². The number of anilines is 1. The number of phenols is 1. The van der Waals surface area contributed by atoms with Crippen LogP contribution in [-0.2, 0) is 0 Å². The molecular formula is C23H25FN4OS. The molecule has 1 aliphatic carbocycles. The van der Waals surface area contributed by atoms with Crippen LogP contribution in [0.5, 0.6) is 5.75 Å². The fourth-order valence-corrected chi connectivity index (χ4v) is 5.07. The minimum absolute atomic E-state index is 0.00504. The van der Waals surface area contributed by atoms with Crippen LogP contribution >= 0.6 is 11.3 Å². The Labute approximate surface area is 179 Å². The molecule has 30 heavy (non-hydrogen) atoms. The molecule has 0 spiro atoms. The molecule has 1 aromatic carbocycles. The standard InChI is InChI=1S/C23H25FN4OS/c1-14-5-7-22(30-14)17-12-21(29)18(11-19(17)24)20-6-8-23(27-26-20)28-10-9-16(13-28)25-15-3-2-4-15/h5-8,11-12,15-16,25,29H,2-4,9-10,13H2,1H3. The van der Waals surface area contributed by atoms with Crippen LogP contribution in [0.3, 0.4) is 0 Å². The topological polar surface area (TPSA) is 61.3 Å². The van der Waals surface area contributed by atoms with E-state index in [4.69, 9.17) is 0 Å². The number of halogens is 1. The zero-order valence-corrected chi connectivity index (χ0v) is 17.8. The molecule has 0 radical (unpaired) electrons. The molecule has 1 saturated heterocycles. The van der Waals surface area contributed by atoms with Gasteiger partial charge in [-0.25, -0.2) is 4.39 Å². The van der Waals surface area contributed by atoms with Crippen molar-refractivity contribution in [1.82, 2.24) is 15.5 Å². The Morgan fingerprint density at radius 3 is 2.60 bits per heavy atom. The minimum atomic E-state index is -0.375. The summed E-state index contributed by atoms with van der Waals surface area (Å²) in [7, 11) is 0. The minimum Gasteiger partial charge on any atom is -0.507 e. The summed E-state index contributed by atoms with van der Waals surface area (Å²) in [5, 5.41) is 22.9. The molecule has 1 atom stereocenters. The van der Waals surface area contributed by atoms with Gasteiger partial charge >= 0.3 is 0 Å². The van der Waals surface area contributed by atoms with E-state index in [1.807, 2.05) is 25.1 Å². The van der Waals surface area contributed by atoms with Gasteiger partial charge in [-0.3, -0.25) is 0 Å². The van der Waals surface area contributed by atoms with Gasteiger partial charge in [0, 0.05) is 46.1 Å². The highest BCUT2D eigenvalue weighted by Gasteiger charge is 2.28. The molecule has 2 fully saturated rings. The maximum absolute atomic E-state index is 14.7. The molecule has 1 aliphatic heterocycles. The van der Waals surface area contributed by atoms with E-state index in [2.05, 4.69) is 20.4 Å². The number of phenolic OH excluding ortho intramolecular Hbond substituents is 1. The van der Waals surface area contributed by atoms with Gasteiger partial charge in [-0.1, -0.05) is 6.42 Å². The van der Waals surface area contributed by atoms with Gasteiger partial charge in [-0.15, -0.1) is 21.5 Å². The lowest BCUT2D eigenvalue weighted by atomic mass is 9.92. The Balaban J connectivity index is 1.32. The molecule has 5 rings (SSSR count). The maximum Gasteiger partial charge on any atom is 0.151 e. The highest BCUT2D eigenvalue weighted by atomic mass is 32.1. The summed E-state index contributed by atoms with van der Waals surface area (Å²) in [6, 6.07) is 11.5. The number of benzene rings is 1. The van der Waals surface area contributed by atoms with Gasteiger partial charge in [0.2, 0.25) is 0 Å². The lowest BCUT2D eigenvalue weighted by molar-refractivity contribution is 0.311. The Bertz CT molecular complexity index is 1050. The smallest absolute Gasteiger partial charge is 0.151 e. The fourth-order valence-electron chi connectivity index (χ4n) is 4.19. The predicted molar refractivity (Wildman–Crippen MR) is 119 cm³/mol. The number of aryl methyl sites for hydroxylation is 1.